The number of fused-ring (bicyclic) bond motifs is 2. The predicted octanol–water partition coefficient (Wildman–Crippen LogP) is 0.0538. The molecular formula is C17H18N6O4S. The number of aromatic nitrogens is 4. The second-order valence-electron chi connectivity index (χ2n) is 6.29. The third-order valence-electron chi connectivity index (χ3n) is 4.60. The first-order valence-corrected chi connectivity index (χ1v) is 9.55. The number of hydrogen-bond donors (Lipinski definition) is 2. The summed E-state index contributed by atoms with van der Waals surface area (Å²) in [6.45, 7) is 1.44. The summed E-state index contributed by atoms with van der Waals surface area (Å²) in [5, 5.41) is 11.4. The molecule has 2 amide bonds. The van der Waals surface area contributed by atoms with Gasteiger partial charge in [0, 0.05) is 43.5 Å². The highest BCUT2D eigenvalue weighted by Crippen LogP contribution is 2.21. The molecule has 0 bridgehead atoms. The van der Waals surface area contributed by atoms with E-state index in [4.69, 9.17) is 4.74 Å². The number of H-pyrrole nitrogens is 1. The number of rotatable bonds is 5. The van der Waals surface area contributed by atoms with Crippen LogP contribution >= 0.6 is 11.3 Å². The highest BCUT2D eigenvalue weighted by atomic mass is 32.1. The number of ether oxygens (including phenoxy) is 1. The molecule has 28 heavy (non-hydrogen) atoms. The van der Waals surface area contributed by atoms with Crippen molar-refractivity contribution in [3.8, 4) is 0 Å². The van der Waals surface area contributed by atoms with Gasteiger partial charge in [-0.15, -0.1) is 11.3 Å². The van der Waals surface area contributed by atoms with Crippen LogP contribution in [0.25, 0.3) is 4.96 Å². The Bertz CT molecular complexity index is 1100. The van der Waals surface area contributed by atoms with E-state index in [0.717, 1.165) is 5.56 Å². The second-order valence-corrected chi connectivity index (χ2v) is 7.16. The van der Waals surface area contributed by atoms with Gasteiger partial charge in [-0.1, -0.05) is 0 Å². The number of carbonyl (C=O) groups excluding carboxylic acids is 2. The number of aromatic amines is 1. The Morgan fingerprint density at radius 3 is 3.11 bits per heavy atom. The summed E-state index contributed by atoms with van der Waals surface area (Å²) < 4.78 is 6.28. The van der Waals surface area contributed by atoms with E-state index >= 15 is 0 Å². The van der Waals surface area contributed by atoms with Gasteiger partial charge < -0.3 is 15.0 Å². The highest BCUT2D eigenvalue weighted by molar-refractivity contribution is 7.15. The van der Waals surface area contributed by atoms with Crippen molar-refractivity contribution in [3.05, 3.63) is 50.6 Å². The minimum absolute atomic E-state index is 0.0244. The fourth-order valence-corrected chi connectivity index (χ4v) is 3.85. The number of amides is 2. The summed E-state index contributed by atoms with van der Waals surface area (Å²) >= 11 is 1.33. The zero-order valence-corrected chi connectivity index (χ0v) is 15.9. The summed E-state index contributed by atoms with van der Waals surface area (Å²) in [6, 6.07) is 0. The van der Waals surface area contributed by atoms with Crippen LogP contribution in [0.5, 0.6) is 0 Å². The average molecular weight is 402 g/mol. The van der Waals surface area contributed by atoms with Gasteiger partial charge in [-0.3, -0.25) is 23.9 Å². The maximum Gasteiger partial charge on any atom is 0.272 e. The van der Waals surface area contributed by atoms with Crippen molar-refractivity contribution >= 4 is 28.1 Å². The zero-order valence-electron chi connectivity index (χ0n) is 15.1. The number of hydrogen-bond acceptors (Lipinski definition) is 7. The van der Waals surface area contributed by atoms with Gasteiger partial charge in [-0.05, 0) is 6.42 Å². The molecule has 1 aliphatic rings. The monoisotopic (exact) mass is 402 g/mol. The molecule has 0 saturated carbocycles. The van der Waals surface area contributed by atoms with Crippen LogP contribution in [0.3, 0.4) is 0 Å². The molecule has 4 heterocycles. The molecule has 0 radical (unpaired) electrons. The summed E-state index contributed by atoms with van der Waals surface area (Å²) in [5.74, 6) is -0.663. The zero-order chi connectivity index (χ0) is 19.7. The first kappa shape index (κ1) is 18.3. The molecule has 0 aromatic carbocycles. The molecule has 0 atom stereocenters. The van der Waals surface area contributed by atoms with Crippen LogP contribution in [0.2, 0.25) is 0 Å². The van der Waals surface area contributed by atoms with Crippen molar-refractivity contribution in [2.45, 2.75) is 13.0 Å². The molecular weight excluding hydrogens is 384 g/mol. The lowest BCUT2D eigenvalue weighted by Gasteiger charge is -2.26. The number of methoxy groups -OCH3 is 1. The number of thiazole rings is 1. The Morgan fingerprint density at radius 2 is 2.29 bits per heavy atom. The van der Waals surface area contributed by atoms with Crippen LogP contribution in [0.15, 0.2) is 22.6 Å². The smallest absolute Gasteiger partial charge is 0.272 e. The summed E-state index contributed by atoms with van der Waals surface area (Å²) in [6.07, 6.45) is 3.40. The quantitative estimate of drug-likeness (QED) is 0.582. The maximum atomic E-state index is 12.9. The molecule has 0 fully saturated rings. The SMILES string of the molecule is COCCNC(=O)c1n[nH]c2c1CCN(C(=O)c1cnc3sccn3c1=O)C2. The minimum atomic E-state index is -0.385. The van der Waals surface area contributed by atoms with Gasteiger partial charge in [0.1, 0.15) is 5.56 Å². The van der Waals surface area contributed by atoms with E-state index in [1.807, 2.05) is 0 Å². The highest BCUT2D eigenvalue weighted by Gasteiger charge is 2.29. The minimum Gasteiger partial charge on any atom is -0.383 e. The van der Waals surface area contributed by atoms with Crippen molar-refractivity contribution in [2.75, 3.05) is 26.8 Å². The van der Waals surface area contributed by atoms with Crippen molar-refractivity contribution in [3.63, 3.8) is 0 Å². The number of carbonyl (C=O) groups is 2. The van der Waals surface area contributed by atoms with Crippen LogP contribution in [0.1, 0.15) is 32.1 Å². The summed E-state index contributed by atoms with van der Waals surface area (Å²) in [4.78, 5) is 43.9. The van der Waals surface area contributed by atoms with E-state index < -0.39 is 0 Å². The fraction of sp³-hybridized carbons (Fsp3) is 0.353. The van der Waals surface area contributed by atoms with Crippen molar-refractivity contribution in [2.24, 2.45) is 0 Å². The molecule has 0 unspecified atom stereocenters. The molecule has 1 aliphatic heterocycles. The van der Waals surface area contributed by atoms with Gasteiger partial charge in [-0.2, -0.15) is 5.10 Å². The third kappa shape index (κ3) is 3.18. The van der Waals surface area contributed by atoms with Crippen molar-refractivity contribution < 1.29 is 14.3 Å². The Hall–Kier alpha value is -3.05. The second kappa shape index (κ2) is 7.52. The summed E-state index contributed by atoms with van der Waals surface area (Å²) in [5.41, 5.74) is 1.46. The van der Waals surface area contributed by atoms with Gasteiger partial charge in [0.25, 0.3) is 17.4 Å². The Morgan fingerprint density at radius 1 is 1.43 bits per heavy atom. The Kier molecular flexibility index (Phi) is 4.92. The predicted molar refractivity (Wildman–Crippen MR) is 101 cm³/mol. The first-order valence-electron chi connectivity index (χ1n) is 8.67. The normalized spacial score (nSPS) is 13.5. The van der Waals surface area contributed by atoms with E-state index in [0.29, 0.717) is 42.5 Å². The van der Waals surface area contributed by atoms with Crippen molar-refractivity contribution in [1.29, 1.82) is 0 Å². The standard InChI is InChI=1S/C17H18N6O4S/c1-27-6-3-18-14(24)13-10-2-4-22(9-12(10)20-21-13)15(25)11-8-19-17-23(16(11)26)5-7-28-17/h5,7-8H,2-4,6,9H2,1H3,(H,18,24)(H,20,21). The molecule has 0 spiro atoms. The molecule has 0 aliphatic carbocycles. The van der Waals surface area contributed by atoms with Crippen LogP contribution in [-0.4, -0.2) is 63.1 Å². The van der Waals surface area contributed by atoms with Gasteiger partial charge in [0.2, 0.25) is 0 Å². The topological polar surface area (TPSA) is 122 Å². The molecule has 10 nitrogen and oxygen atoms in total. The van der Waals surface area contributed by atoms with Crippen LogP contribution in [-0.2, 0) is 17.7 Å². The molecule has 4 rings (SSSR count). The van der Waals surface area contributed by atoms with E-state index in [2.05, 4.69) is 20.5 Å². The average Bonchev–Trinajstić information content (AvgIpc) is 3.34. The number of nitrogens with one attached hydrogen (secondary N) is 2. The van der Waals surface area contributed by atoms with Crippen LogP contribution in [0.4, 0.5) is 0 Å². The van der Waals surface area contributed by atoms with Crippen LogP contribution in [0, 0.1) is 0 Å². The lowest BCUT2D eigenvalue weighted by molar-refractivity contribution is 0.0730. The Labute approximate surface area is 163 Å². The lowest BCUT2D eigenvalue weighted by Crippen LogP contribution is -2.39. The molecule has 2 N–H and O–H groups in total. The third-order valence-corrected chi connectivity index (χ3v) is 5.37. The van der Waals surface area contributed by atoms with Crippen LogP contribution < -0.4 is 10.9 Å². The van der Waals surface area contributed by atoms with Gasteiger partial charge in [0.15, 0.2) is 10.7 Å². The molecule has 3 aromatic heterocycles. The lowest BCUT2D eigenvalue weighted by atomic mass is 10.0. The van der Waals surface area contributed by atoms with E-state index in [-0.39, 0.29) is 29.5 Å². The maximum absolute atomic E-state index is 12.9. The molecule has 3 aromatic rings. The first-order chi connectivity index (χ1) is 13.6. The molecule has 146 valence electrons. The summed E-state index contributed by atoms with van der Waals surface area (Å²) in [7, 11) is 1.56. The van der Waals surface area contributed by atoms with Gasteiger partial charge in [-0.25, -0.2) is 4.98 Å². The van der Waals surface area contributed by atoms with E-state index in [1.165, 1.54) is 21.9 Å². The fourth-order valence-electron chi connectivity index (χ4n) is 3.17. The number of nitrogens with zero attached hydrogens (tertiary/aromatic N) is 4. The molecule has 0 saturated heterocycles. The van der Waals surface area contributed by atoms with E-state index in [9.17, 15) is 14.4 Å². The largest absolute Gasteiger partial charge is 0.383 e. The Balaban J connectivity index is 1.52. The van der Waals surface area contributed by atoms with Gasteiger partial charge >= 0.3 is 0 Å². The van der Waals surface area contributed by atoms with E-state index in [1.54, 1.807) is 23.6 Å². The molecule has 11 heteroatoms. The van der Waals surface area contributed by atoms with Gasteiger partial charge in [0.05, 0.1) is 18.8 Å². The van der Waals surface area contributed by atoms with Crippen molar-refractivity contribution in [1.82, 2.24) is 29.8 Å².